The van der Waals surface area contributed by atoms with Crippen LogP contribution in [0, 0.1) is 0 Å². The third-order valence-electron chi connectivity index (χ3n) is 3.73. The topological polar surface area (TPSA) is 46.5 Å². The van der Waals surface area contributed by atoms with Gasteiger partial charge in [-0.05, 0) is 25.0 Å². The molecule has 0 atom stereocenters. The molecule has 1 saturated carbocycles. The Morgan fingerprint density at radius 3 is 2.38 bits per heavy atom. The minimum atomic E-state index is -4.61. The number of esters is 1. The lowest BCUT2D eigenvalue weighted by atomic mass is 9.77. The first kappa shape index (κ1) is 15.8. The molecule has 116 valence electrons. The molecule has 6 heteroatoms. The zero-order valence-electron chi connectivity index (χ0n) is 11.7. The largest absolute Gasteiger partial charge is 0.426 e. The van der Waals surface area contributed by atoms with Gasteiger partial charge in [-0.25, -0.2) is 0 Å². The van der Waals surface area contributed by atoms with E-state index < -0.39 is 23.3 Å². The maximum Gasteiger partial charge on any atom is 0.416 e. The number of hydrogen-bond donors (Lipinski definition) is 1. The van der Waals surface area contributed by atoms with Crippen molar-refractivity contribution in [3.05, 3.63) is 29.3 Å². The summed E-state index contributed by atoms with van der Waals surface area (Å²) in [7, 11) is 0. The van der Waals surface area contributed by atoms with Gasteiger partial charge in [-0.1, -0.05) is 25.3 Å². The van der Waals surface area contributed by atoms with E-state index >= 15 is 0 Å². The molecule has 1 aromatic rings. The van der Waals surface area contributed by atoms with Crippen molar-refractivity contribution in [2.45, 2.75) is 50.8 Å². The Hall–Kier alpha value is -1.56. The van der Waals surface area contributed by atoms with Crippen molar-refractivity contribution in [1.82, 2.24) is 0 Å². The zero-order valence-corrected chi connectivity index (χ0v) is 11.7. The first-order valence-corrected chi connectivity index (χ1v) is 6.85. The number of hydrogen-bond acceptors (Lipinski definition) is 3. The lowest BCUT2D eigenvalue weighted by molar-refractivity contribution is -0.142. The van der Waals surface area contributed by atoms with Crippen LogP contribution >= 0.6 is 0 Å². The molecule has 1 N–H and O–H groups in total. The molecule has 0 aliphatic heterocycles. The van der Waals surface area contributed by atoms with Crippen LogP contribution in [-0.4, -0.2) is 11.1 Å². The number of alkyl halides is 3. The first-order valence-electron chi connectivity index (χ1n) is 6.85. The molecule has 1 aromatic carbocycles. The van der Waals surface area contributed by atoms with Crippen molar-refractivity contribution in [1.29, 1.82) is 0 Å². The smallest absolute Gasteiger partial charge is 0.416 e. The zero-order chi connectivity index (χ0) is 15.7. The Morgan fingerprint density at radius 1 is 1.24 bits per heavy atom. The van der Waals surface area contributed by atoms with E-state index in [0.717, 1.165) is 19.4 Å². The van der Waals surface area contributed by atoms with Crippen LogP contribution in [-0.2, 0) is 16.6 Å². The molecule has 0 unspecified atom stereocenters. The van der Waals surface area contributed by atoms with Crippen LogP contribution in [0.2, 0.25) is 0 Å². The van der Waals surface area contributed by atoms with Gasteiger partial charge in [0.15, 0.2) is 0 Å². The molecule has 0 radical (unpaired) electrons. The van der Waals surface area contributed by atoms with Gasteiger partial charge in [-0.15, -0.1) is 0 Å². The molecule has 1 aliphatic rings. The average Bonchev–Trinajstić information content (AvgIpc) is 2.37. The van der Waals surface area contributed by atoms with Crippen LogP contribution in [0.5, 0.6) is 5.75 Å². The van der Waals surface area contributed by atoms with Gasteiger partial charge in [0, 0.05) is 12.5 Å². The Balaban J connectivity index is 2.60. The van der Waals surface area contributed by atoms with Crippen molar-refractivity contribution < 1.29 is 27.8 Å². The Bertz CT molecular complexity index is 531. The quantitative estimate of drug-likeness (QED) is 0.668. The first-order chi connectivity index (χ1) is 9.74. The predicted molar refractivity (Wildman–Crippen MR) is 69.7 cm³/mol. The fourth-order valence-corrected chi connectivity index (χ4v) is 2.87. The molecule has 0 saturated heterocycles. The number of aliphatic hydroxyl groups is 1. The van der Waals surface area contributed by atoms with Crippen molar-refractivity contribution in [2.24, 2.45) is 0 Å². The van der Waals surface area contributed by atoms with Crippen molar-refractivity contribution in [3.8, 4) is 5.75 Å². The molecule has 21 heavy (non-hydrogen) atoms. The highest BCUT2D eigenvalue weighted by Gasteiger charge is 2.43. The fourth-order valence-electron chi connectivity index (χ4n) is 2.87. The molecule has 0 heterocycles. The van der Waals surface area contributed by atoms with Gasteiger partial charge < -0.3 is 9.84 Å². The Morgan fingerprint density at radius 2 is 1.86 bits per heavy atom. The van der Waals surface area contributed by atoms with Crippen molar-refractivity contribution >= 4 is 5.97 Å². The van der Waals surface area contributed by atoms with E-state index in [9.17, 15) is 23.1 Å². The van der Waals surface area contributed by atoms with Gasteiger partial charge >= 0.3 is 12.1 Å². The third-order valence-corrected chi connectivity index (χ3v) is 3.73. The number of ether oxygens (including phenoxy) is 1. The molecule has 2 rings (SSSR count). The second-order valence-corrected chi connectivity index (χ2v) is 5.36. The van der Waals surface area contributed by atoms with E-state index in [4.69, 9.17) is 4.74 Å². The molecular formula is C15H17F3O3. The van der Waals surface area contributed by atoms with Crippen LogP contribution in [0.3, 0.4) is 0 Å². The number of benzene rings is 1. The van der Waals surface area contributed by atoms with E-state index in [1.54, 1.807) is 0 Å². The Kier molecular flexibility index (Phi) is 4.27. The second kappa shape index (κ2) is 5.67. The molecule has 0 aromatic heterocycles. The second-order valence-electron chi connectivity index (χ2n) is 5.36. The lowest BCUT2D eigenvalue weighted by Crippen LogP contribution is -2.32. The van der Waals surface area contributed by atoms with E-state index in [1.165, 1.54) is 12.1 Å². The monoisotopic (exact) mass is 302 g/mol. The summed E-state index contributed by atoms with van der Waals surface area (Å²) in [6.45, 7) is 1.12. The van der Waals surface area contributed by atoms with Crippen molar-refractivity contribution in [3.63, 3.8) is 0 Å². The summed E-state index contributed by atoms with van der Waals surface area (Å²) in [6.07, 6.45) is -1.99. The van der Waals surface area contributed by atoms with Gasteiger partial charge in [0.1, 0.15) is 5.75 Å². The van der Waals surface area contributed by atoms with Crippen molar-refractivity contribution in [2.75, 3.05) is 0 Å². The van der Waals surface area contributed by atoms with Gasteiger partial charge in [0.25, 0.3) is 0 Å². The van der Waals surface area contributed by atoms with E-state index in [-0.39, 0.29) is 24.2 Å². The minimum absolute atomic E-state index is 0.207. The van der Waals surface area contributed by atoms with E-state index in [0.29, 0.717) is 12.8 Å². The van der Waals surface area contributed by atoms with Crippen LogP contribution < -0.4 is 4.74 Å². The number of halogens is 3. The Labute approximate surface area is 120 Å². The highest BCUT2D eigenvalue weighted by atomic mass is 19.4. The summed E-state index contributed by atoms with van der Waals surface area (Å²) in [5.74, 6) is -0.920. The average molecular weight is 302 g/mol. The third kappa shape index (κ3) is 3.37. The van der Waals surface area contributed by atoms with Gasteiger partial charge in [-0.3, -0.25) is 4.79 Å². The summed E-state index contributed by atoms with van der Waals surface area (Å²) >= 11 is 0. The molecular weight excluding hydrogens is 285 g/mol. The summed E-state index contributed by atoms with van der Waals surface area (Å²) < 4.78 is 44.6. The summed E-state index contributed by atoms with van der Waals surface area (Å²) in [5, 5.41) is 10.7. The number of rotatable bonds is 2. The molecule has 1 aliphatic carbocycles. The summed E-state index contributed by atoms with van der Waals surface area (Å²) in [5.41, 5.74) is -2.85. The van der Waals surface area contributed by atoms with E-state index in [1.807, 2.05) is 0 Å². The summed E-state index contributed by atoms with van der Waals surface area (Å²) in [6, 6.07) is 3.38. The number of carbonyl (C=O) groups is 1. The minimum Gasteiger partial charge on any atom is -0.426 e. The number of carbonyl (C=O) groups excluding carboxylic acids is 1. The normalized spacial score (nSPS) is 18.3. The molecule has 3 nitrogen and oxygen atoms in total. The lowest BCUT2D eigenvalue weighted by Gasteiger charge is -2.35. The maximum atomic E-state index is 13.2. The van der Waals surface area contributed by atoms with Crippen LogP contribution in [0.4, 0.5) is 13.2 Å². The molecule has 0 spiro atoms. The van der Waals surface area contributed by atoms with Gasteiger partial charge in [-0.2, -0.15) is 13.2 Å². The molecule has 0 bridgehead atoms. The van der Waals surface area contributed by atoms with Crippen LogP contribution in [0.15, 0.2) is 18.2 Å². The molecule has 0 amide bonds. The van der Waals surface area contributed by atoms with Gasteiger partial charge in [0.05, 0.1) is 11.2 Å². The fraction of sp³-hybridized carbons (Fsp3) is 0.533. The van der Waals surface area contributed by atoms with Gasteiger partial charge in [0.2, 0.25) is 0 Å². The maximum absolute atomic E-state index is 13.2. The standard InChI is InChI=1S/C15H17F3O3/c1-10(19)21-12-7-5-6-11(15(16,17)18)13(12)14(20)8-3-2-4-9-14/h5-7,20H,2-4,8-9H2,1H3. The van der Waals surface area contributed by atoms with Crippen LogP contribution in [0.1, 0.15) is 50.2 Å². The SMILES string of the molecule is CC(=O)Oc1cccc(C(F)(F)F)c1C1(O)CCCCC1. The highest BCUT2D eigenvalue weighted by Crippen LogP contribution is 2.47. The van der Waals surface area contributed by atoms with E-state index in [2.05, 4.69) is 0 Å². The highest BCUT2D eigenvalue weighted by molar-refractivity contribution is 5.70. The predicted octanol–water partition coefficient (Wildman–Crippen LogP) is 3.78. The molecule has 1 fully saturated rings. The van der Waals surface area contributed by atoms with Crippen LogP contribution in [0.25, 0.3) is 0 Å². The summed E-state index contributed by atoms with van der Waals surface area (Å²) in [4.78, 5) is 11.1.